The van der Waals surface area contributed by atoms with Crippen LogP contribution < -0.4 is 14.4 Å². The molecule has 0 unspecified atom stereocenters. The molecule has 5 aromatic rings. The number of benzene rings is 3. The van der Waals surface area contributed by atoms with E-state index >= 15 is 4.79 Å². The van der Waals surface area contributed by atoms with Crippen LogP contribution in [-0.4, -0.2) is 86.9 Å². The fourth-order valence-corrected chi connectivity index (χ4v) is 7.15. The number of aromatic hydroxyl groups is 1. The van der Waals surface area contributed by atoms with Gasteiger partial charge in [0.15, 0.2) is 11.5 Å². The summed E-state index contributed by atoms with van der Waals surface area (Å²) in [6.45, 7) is 6.07. The van der Waals surface area contributed by atoms with Crippen molar-refractivity contribution >= 4 is 23.3 Å². The minimum absolute atomic E-state index is 0.0395. The van der Waals surface area contributed by atoms with Crippen molar-refractivity contribution in [1.82, 2.24) is 24.1 Å². The van der Waals surface area contributed by atoms with Gasteiger partial charge in [-0.05, 0) is 73.0 Å². The van der Waals surface area contributed by atoms with Gasteiger partial charge in [0.1, 0.15) is 5.75 Å². The van der Waals surface area contributed by atoms with Crippen LogP contribution >= 0.6 is 0 Å². The molecule has 50 heavy (non-hydrogen) atoms. The predicted octanol–water partition coefficient (Wildman–Crippen LogP) is 5.34. The number of anilines is 2. The van der Waals surface area contributed by atoms with E-state index in [0.29, 0.717) is 65.1 Å². The van der Waals surface area contributed by atoms with Crippen LogP contribution in [0.4, 0.5) is 16.2 Å². The lowest BCUT2D eigenvalue weighted by atomic mass is 9.92. The van der Waals surface area contributed by atoms with Crippen molar-refractivity contribution in [2.75, 3.05) is 44.5 Å². The van der Waals surface area contributed by atoms with Gasteiger partial charge in [0.05, 0.1) is 42.0 Å². The molecular weight excluding hydrogens is 636 g/mol. The number of amides is 2. The largest absolute Gasteiger partial charge is 0.508 e. The van der Waals surface area contributed by atoms with Gasteiger partial charge < -0.3 is 24.2 Å². The summed E-state index contributed by atoms with van der Waals surface area (Å²) in [7, 11) is 1.78. The maximum absolute atomic E-state index is 15.0. The van der Waals surface area contributed by atoms with E-state index in [0.717, 1.165) is 31.6 Å². The monoisotopic (exact) mass is 674 g/mol. The second-order valence-corrected chi connectivity index (χ2v) is 12.9. The zero-order valence-electron chi connectivity index (χ0n) is 28.0. The first-order valence-electron chi connectivity index (χ1n) is 16.8. The van der Waals surface area contributed by atoms with Crippen molar-refractivity contribution < 1.29 is 28.9 Å². The summed E-state index contributed by atoms with van der Waals surface area (Å²) in [6.07, 6.45) is 4.10. The Bertz CT molecular complexity index is 2060. The SMILES string of the molecule is Cc1ccc(-c2cc3c(cc2C(=O)N2Cc4ccccc4C[C@H]2CN2CCOCC2)OCO3)n1C(=O)N(c1ccc(O)cc1)c1cnn(C)c1. The maximum Gasteiger partial charge on any atom is 0.338 e. The number of aromatic nitrogens is 3. The molecule has 3 aliphatic rings. The van der Waals surface area contributed by atoms with E-state index in [2.05, 4.69) is 28.2 Å². The number of hydrogen-bond donors (Lipinski definition) is 1. The molecule has 0 spiro atoms. The van der Waals surface area contributed by atoms with Crippen LogP contribution in [0.2, 0.25) is 0 Å². The first-order valence-corrected chi connectivity index (χ1v) is 16.8. The van der Waals surface area contributed by atoms with Crippen molar-refractivity contribution in [3.05, 3.63) is 108 Å². The van der Waals surface area contributed by atoms with Crippen LogP contribution in [0, 0.1) is 6.92 Å². The summed E-state index contributed by atoms with van der Waals surface area (Å²) < 4.78 is 20.4. The lowest BCUT2D eigenvalue weighted by Gasteiger charge is -2.40. The summed E-state index contributed by atoms with van der Waals surface area (Å²) in [5.41, 5.74) is 5.64. The average molecular weight is 675 g/mol. The van der Waals surface area contributed by atoms with Gasteiger partial charge in [0.2, 0.25) is 6.79 Å². The number of nitrogens with zero attached hydrogens (tertiary/aromatic N) is 6. The highest BCUT2D eigenvalue weighted by Crippen LogP contribution is 2.41. The van der Waals surface area contributed by atoms with Crippen molar-refractivity contribution in [2.24, 2.45) is 7.05 Å². The summed E-state index contributed by atoms with van der Waals surface area (Å²) in [4.78, 5) is 35.6. The van der Waals surface area contributed by atoms with Crippen LogP contribution in [0.25, 0.3) is 11.3 Å². The molecule has 0 bridgehead atoms. The number of ether oxygens (including phenoxy) is 3. The van der Waals surface area contributed by atoms with Crippen LogP contribution in [0.15, 0.2) is 85.2 Å². The molecule has 0 radical (unpaired) electrons. The van der Waals surface area contributed by atoms with Gasteiger partial charge in [-0.1, -0.05) is 24.3 Å². The highest BCUT2D eigenvalue weighted by molar-refractivity contribution is 6.06. The Balaban J connectivity index is 1.22. The topological polar surface area (TPSA) is 115 Å². The molecule has 12 nitrogen and oxygen atoms in total. The Kier molecular flexibility index (Phi) is 8.25. The van der Waals surface area contributed by atoms with Gasteiger partial charge in [-0.3, -0.25) is 23.8 Å². The number of hydrogen-bond acceptors (Lipinski definition) is 8. The summed E-state index contributed by atoms with van der Waals surface area (Å²) in [6, 6.07) is 21.6. The number of fused-ring (bicyclic) bond motifs is 2. The van der Waals surface area contributed by atoms with Crippen molar-refractivity contribution in [1.29, 1.82) is 0 Å². The predicted molar refractivity (Wildman–Crippen MR) is 186 cm³/mol. The minimum atomic E-state index is -0.380. The molecule has 256 valence electrons. The average Bonchev–Trinajstić information content (AvgIpc) is 3.88. The van der Waals surface area contributed by atoms with Crippen molar-refractivity contribution in [3.8, 4) is 28.5 Å². The Labute approximate surface area is 289 Å². The van der Waals surface area contributed by atoms with Crippen LogP contribution in [0.3, 0.4) is 0 Å². The van der Waals surface area contributed by atoms with E-state index in [4.69, 9.17) is 14.2 Å². The fourth-order valence-electron chi connectivity index (χ4n) is 7.15. The number of rotatable bonds is 6. The molecule has 3 aliphatic heterocycles. The van der Waals surface area contributed by atoms with E-state index in [1.165, 1.54) is 22.6 Å². The Hall–Kier alpha value is -5.59. The zero-order valence-corrected chi connectivity index (χ0v) is 28.0. The normalized spacial score (nSPS) is 17.1. The lowest BCUT2D eigenvalue weighted by molar-refractivity contribution is 0.0193. The number of phenolic OH excluding ortho intramolecular Hbond substituents is 1. The summed E-state index contributed by atoms with van der Waals surface area (Å²) in [5, 5.41) is 14.3. The van der Waals surface area contributed by atoms with Gasteiger partial charge in [-0.25, -0.2) is 4.79 Å². The molecule has 8 rings (SSSR count). The third kappa shape index (κ3) is 5.86. The van der Waals surface area contributed by atoms with Crippen LogP contribution in [-0.2, 0) is 24.8 Å². The molecule has 2 amide bonds. The maximum atomic E-state index is 15.0. The van der Waals surface area contributed by atoms with Crippen LogP contribution in [0.1, 0.15) is 27.2 Å². The smallest absolute Gasteiger partial charge is 0.338 e. The third-order valence-corrected chi connectivity index (χ3v) is 9.72. The lowest BCUT2D eigenvalue weighted by Crippen LogP contribution is -2.52. The van der Waals surface area contributed by atoms with Gasteiger partial charge in [-0.2, -0.15) is 5.10 Å². The standard InChI is InChI=1S/C38H38N6O6/c1-25-7-12-34(43(25)38(47)44(30-20-39-40(2)22-30)28-8-10-31(45)11-9-28)32-18-35-36(50-24-49-35)19-33(32)37(46)42-21-27-6-4-3-5-26(27)17-29(42)23-41-13-15-48-16-14-41/h3-12,18-20,22,29,45H,13-17,21,23-24H2,1-2H3/t29-/m0/s1. The van der Waals surface area contributed by atoms with Gasteiger partial charge in [0.25, 0.3) is 5.91 Å². The van der Waals surface area contributed by atoms with E-state index in [1.807, 2.05) is 30.0 Å². The highest BCUT2D eigenvalue weighted by Gasteiger charge is 2.35. The zero-order chi connectivity index (χ0) is 34.4. The van der Waals surface area contributed by atoms with E-state index in [-0.39, 0.29) is 30.5 Å². The Morgan fingerprint density at radius 2 is 1.68 bits per heavy atom. The molecule has 3 aromatic carbocycles. The van der Waals surface area contributed by atoms with E-state index < -0.39 is 0 Å². The van der Waals surface area contributed by atoms with E-state index in [1.54, 1.807) is 53.0 Å². The molecule has 1 N–H and O–H groups in total. The first-order chi connectivity index (χ1) is 24.3. The van der Waals surface area contributed by atoms with E-state index in [9.17, 15) is 9.90 Å². The minimum Gasteiger partial charge on any atom is -0.508 e. The Morgan fingerprint density at radius 3 is 2.42 bits per heavy atom. The first kappa shape index (κ1) is 31.7. The quantitative estimate of drug-likeness (QED) is 0.257. The van der Waals surface area contributed by atoms with Crippen molar-refractivity contribution in [3.63, 3.8) is 0 Å². The molecule has 0 aliphatic carbocycles. The third-order valence-electron chi connectivity index (χ3n) is 9.72. The fraction of sp³-hybridized carbons (Fsp3) is 0.289. The number of aryl methyl sites for hydroxylation is 2. The van der Waals surface area contributed by atoms with Gasteiger partial charge in [0, 0.05) is 56.7 Å². The number of morpholine rings is 1. The summed E-state index contributed by atoms with van der Waals surface area (Å²) in [5.74, 6) is 0.930. The Morgan fingerprint density at radius 1 is 0.940 bits per heavy atom. The molecule has 1 fully saturated rings. The molecular formula is C38H38N6O6. The molecule has 5 heterocycles. The second kappa shape index (κ2) is 13.0. The number of carbonyl (C=O) groups is 2. The number of phenols is 1. The second-order valence-electron chi connectivity index (χ2n) is 12.9. The molecule has 1 atom stereocenters. The molecule has 1 saturated heterocycles. The molecule has 2 aromatic heterocycles. The van der Waals surface area contributed by atoms with Crippen LogP contribution in [0.5, 0.6) is 17.2 Å². The number of carbonyl (C=O) groups excluding carboxylic acids is 2. The molecule has 0 saturated carbocycles. The summed E-state index contributed by atoms with van der Waals surface area (Å²) >= 11 is 0. The highest BCUT2D eigenvalue weighted by atomic mass is 16.7. The molecule has 12 heteroatoms. The van der Waals surface area contributed by atoms with Gasteiger partial charge in [-0.15, -0.1) is 0 Å². The van der Waals surface area contributed by atoms with Gasteiger partial charge >= 0.3 is 6.03 Å². The van der Waals surface area contributed by atoms with Crippen molar-refractivity contribution in [2.45, 2.75) is 25.9 Å².